The van der Waals surface area contributed by atoms with Gasteiger partial charge in [-0.2, -0.15) is 0 Å². The lowest BCUT2D eigenvalue weighted by molar-refractivity contribution is -0.141. The van der Waals surface area contributed by atoms with E-state index in [0.29, 0.717) is 11.3 Å². The van der Waals surface area contributed by atoms with Gasteiger partial charge in [-0.1, -0.05) is 61.7 Å². The summed E-state index contributed by atoms with van der Waals surface area (Å²) in [5.41, 5.74) is 1.50. The molecule has 1 saturated carbocycles. The van der Waals surface area contributed by atoms with E-state index in [9.17, 15) is 14.7 Å². The summed E-state index contributed by atoms with van der Waals surface area (Å²) in [5, 5.41) is 11.0. The van der Waals surface area contributed by atoms with Gasteiger partial charge in [0.05, 0.1) is 18.7 Å². The van der Waals surface area contributed by atoms with Gasteiger partial charge in [-0.3, -0.25) is 9.59 Å². The van der Waals surface area contributed by atoms with Crippen LogP contribution in [0.5, 0.6) is 5.75 Å². The van der Waals surface area contributed by atoms with Crippen LogP contribution in [0, 0.1) is 0 Å². The van der Waals surface area contributed by atoms with Crippen molar-refractivity contribution in [3.05, 3.63) is 71.3 Å². The number of carbonyl (C=O) groups is 2. The van der Waals surface area contributed by atoms with E-state index in [1.165, 1.54) is 0 Å². The van der Waals surface area contributed by atoms with Gasteiger partial charge in [0.1, 0.15) is 11.5 Å². The number of rotatable bonds is 4. The summed E-state index contributed by atoms with van der Waals surface area (Å²) < 4.78 is 5.25. The van der Waals surface area contributed by atoms with Crippen LogP contribution >= 0.6 is 0 Å². The van der Waals surface area contributed by atoms with Crippen LogP contribution < -0.4 is 4.74 Å². The Morgan fingerprint density at radius 1 is 0.966 bits per heavy atom. The van der Waals surface area contributed by atoms with E-state index in [2.05, 4.69) is 0 Å². The molecule has 0 spiro atoms. The number of likely N-dealkylation sites (tertiary alicyclic amines) is 1. The number of carbonyl (C=O) groups excluding carboxylic acids is 2. The van der Waals surface area contributed by atoms with E-state index >= 15 is 0 Å². The molecule has 2 aromatic rings. The van der Waals surface area contributed by atoms with E-state index < -0.39 is 17.7 Å². The average Bonchev–Trinajstić information content (AvgIpc) is 3.05. The molecular weight excluding hydrogens is 366 g/mol. The number of benzene rings is 2. The minimum Gasteiger partial charge on any atom is -0.507 e. The Morgan fingerprint density at radius 3 is 2.24 bits per heavy atom. The summed E-state index contributed by atoms with van der Waals surface area (Å²) in [6.45, 7) is 0. The fraction of sp³-hybridized carbons (Fsp3) is 0.333. The Balaban J connectivity index is 1.85. The van der Waals surface area contributed by atoms with Crippen molar-refractivity contribution in [2.24, 2.45) is 0 Å². The molecule has 5 heteroatoms. The molecule has 1 aliphatic carbocycles. The number of Topliss-reactive ketones (excluding diaryl/α,β-unsaturated/α-hetero) is 1. The Kier molecular flexibility index (Phi) is 5.38. The van der Waals surface area contributed by atoms with Gasteiger partial charge in [-0.15, -0.1) is 0 Å². The molecule has 150 valence electrons. The molecule has 0 radical (unpaired) electrons. The van der Waals surface area contributed by atoms with Crippen molar-refractivity contribution in [1.82, 2.24) is 4.90 Å². The van der Waals surface area contributed by atoms with Gasteiger partial charge in [-0.05, 0) is 30.5 Å². The molecule has 1 atom stereocenters. The maximum Gasteiger partial charge on any atom is 0.295 e. The Labute approximate surface area is 170 Å². The van der Waals surface area contributed by atoms with Crippen molar-refractivity contribution >= 4 is 17.4 Å². The van der Waals surface area contributed by atoms with Gasteiger partial charge in [0.15, 0.2) is 0 Å². The molecule has 1 amide bonds. The highest BCUT2D eigenvalue weighted by Gasteiger charge is 2.48. The number of aliphatic hydroxyl groups is 1. The van der Waals surface area contributed by atoms with Crippen molar-refractivity contribution in [2.75, 3.05) is 7.11 Å². The van der Waals surface area contributed by atoms with Gasteiger partial charge in [0.2, 0.25) is 0 Å². The first-order valence-electron chi connectivity index (χ1n) is 10.1. The van der Waals surface area contributed by atoms with Gasteiger partial charge < -0.3 is 14.7 Å². The Morgan fingerprint density at radius 2 is 1.62 bits per heavy atom. The molecule has 5 nitrogen and oxygen atoms in total. The van der Waals surface area contributed by atoms with Crippen LogP contribution in [0.2, 0.25) is 0 Å². The van der Waals surface area contributed by atoms with Crippen molar-refractivity contribution in [1.29, 1.82) is 0 Å². The minimum absolute atomic E-state index is 0.00775. The molecule has 29 heavy (non-hydrogen) atoms. The number of ether oxygens (including phenoxy) is 1. The van der Waals surface area contributed by atoms with Crippen molar-refractivity contribution in [2.45, 2.75) is 44.2 Å². The first-order chi connectivity index (χ1) is 14.1. The highest BCUT2D eigenvalue weighted by atomic mass is 16.5. The molecule has 2 fully saturated rings. The monoisotopic (exact) mass is 391 g/mol. The second kappa shape index (κ2) is 8.11. The van der Waals surface area contributed by atoms with Gasteiger partial charge in [0, 0.05) is 11.6 Å². The maximum atomic E-state index is 13.1. The van der Waals surface area contributed by atoms with Crippen LogP contribution in [0.1, 0.15) is 49.3 Å². The fourth-order valence-electron chi connectivity index (χ4n) is 4.45. The lowest BCUT2D eigenvalue weighted by Gasteiger charge is -2.35. The van der Waals surface area contributed by atoms with Crippen LogP contribution in [0.25, 0.3) is 5.76 Å². The predicted octanol–water partition coefficient (Wildman–Crippen LogP) is 4.45. The lowest BCUT2D eigenvalue weighted by Crippen LogP contribution is -2.40. The van der Waals surface area contributed by atoms with Crippen molar-refractivity contribution in [3.63, 3.8) is 0 Å². The number of hydrogen-bond donors (Lipinski definition) is 1. The molecule has 1 N–H and O–H groups in total. The quantitative estimate of drug-likeness (QED) is 0.475. The molecule has 1 heterocycles. The number of nitrogens with zero attached hydrogens (tertiary/aromatic N) is 1. The van der Waals surface area contributed by atoms with Crippen LogP contribution in [0.3, 0.4) is 0 Å². The van der Waals surface area contributed by atoms with Gasteiger partial charge in [-0.25, -0.2) is 0 Å². The zero-order valence-electron chi connectivity index (χ0n) is 16.5. The van der Waals surface area contributed by atoms with Crippen molar-refractivity contribution in [3.8, 4) is 5.75 Å². The molecule has 1 aliphatic heterocycles. The summed E-state index contributed by atoms with van der Waals surface area (Å²) in [5.74, 6) is -0.553. The molecule has 2 aliphatic rings. The topological polar surface area (TPSA) is 66.8 Å². The highest BCUT2D eigenvalue weighted by molar-refractivity contribution is 6.46. The zero-order chi connectivity index (χ0) is 20.4. The fourth-order valence-corrected chi connectivity index (χ4v) is 4.45. The number of ketones is 1. The molecule has 1 unspecified atom stereocenters. The zero-order valence-corrected chi connectivity index (χ0v) is 16.5. The van der Waals surface area contributed by atoms with Crippen molar-refractivity contribution < 1.29 is 19.4 Å². The SMILES string of the molecule is COc1ccc(C2/C(=C(/O)c3ccccc3)C(=O)C(=O)N2C2CCCCC2)cc1. The van der Waals surface area contributed by atoms with E-state index in [1.54, 1.807) is 36.3 Å². The molecule has 4 rings (SSSR count). The molecular formula is C24H25NO4. The second-order valence-electron chi connectivity index (χ2n) is 7.64. The van der Waals surface area contributed by atoms with Crippen LogP contribution in [0.15, 0.2) is 60.2 Å². The Hall–Kier alpha value is -3.08. The maximum absolute atomic E-state index is 13.1. The normalized spacial score (nSPS) is 22.1. The smallest absolute Gasteiger partial charge is 0.295 e. The number of methoxy groups -OCH3 is 1. The third-order valence-corrected chi connectivity index (χ3v) is 5.93. The van der Waals surface area contributed by atoms with E-state index in [-0.39, 0.29) is 17.4 Å². The summed E-state index contributed by atoms with van der Waals surface area (Å²) >= 11 is 0. The molecule has 0 bridgehead atoms. The largest absolute Gasteiger partial charge is 0.507 e. The van der Waals surface area contributed by atoms with Crippen LogP contribution in [-0.4, -0.2) is 34.8 Å². The van der Waals surface area contributed by atoms with Gasteiger partial charge >= 0.3 is 0 Å². The first kappa shape index (κ1) is 19.2. The molecule has 2 aromatic carbocycles. The lowest BCUT2D eigenvalue weighted by atomic mass is 9.91. The third-order valence-electron chi connectivity index (χ3n) is 5.93. The third kappa shape index (κ3) is 3.53. The summed E-state index contributed by atoms with van der Waals surface area (Å²) in [7, 11) is 1.60. The average molecular weight is 391 g/mol. The standard InChI is InChI=1S/C24H25NO4/c1-29-19-14-12-16(13-15-19)21-20(22(26)17-8-4-2-5-9-17)23(27)24(28)25(21)18-10-6-3-7-11-18/h2,4-5,8-9,12-15,18,21,26H,3,6-7,10-11H2,1H3/b22-20-. The summed E-state index contributed by atoms with van der Waals surface area (Å²) in [4.78, 5) is 27.8. The second-order valence-corrected chi connectivity index (χ2v) is 7.64. The molecule has 1 saturated heterocycles. The summed E-state index contributed by atoms with van der Waals surface area (Å²) in [6.07, 6.45) is 5.00. The van der Waals surface area contributed by atoms with E-state index in [0.717, 1.165) is 37.7 Å². The minimum atomic E-state index is -0.613. The highest BCUT2D eigenvalue weighted by Crippen LogP contribution is 2.43. The van der Waals surface area contributed by atoms with Crippen LogP contribution in [-0.2, 0) is 9.59 Å². The van der Waals surface area contributed by atoms with E-state index in [1.807, 2.05) is 30.3 Å². The summed E-state index contributed by atoms with van der Waals surface area (Å²) in [6, 6.07) is 15.7. The number of amides is 1. The number of aliphatic hydroxyl groups excluding tert-OH is 1. The van der Waals surface area contributed by atoms with E-state index in [4.69, 9.17) is 4.74 Å². The van der Waals surface area contributed by atoms with Gasteiger partial charge in [0.25, 0.3) is 11.7 Å². The van der Waals surface area contributed by atoms with Crippen LogP contribution in [0.4, 0.5) is 0 Å². The Bertz CT molecular complexity index is 927. The molecule has 0 aromatic heterocycles. The number of hydrogen-bond acceptors (Lipinski definition) is 4. The first-order valence-corrected chi connectivity index (χ1v) is 10.1. The predicted molar refractivity (Wildman–Crippen MR) is 110 cm³/mol.